The van der Waals surface area contributed by atoms with Crippen LogP contribution in [0.25, 0.3) is 11.1 Å². The first-order valence-corrected chi connectivity index (χ1v) is 12.2. The molecule has 1 unspecified atom stereocenters. The van der Waals surface area contributed by atoms with E-state index in [1.165, 1.54) is 4.90 Å². The number of hydrogen-bond donors (Lipinski definition) is 3. The molecular weight excluding hydrogens is 448 g/mol. The highest BCUT2D eigenvalue weighted by Gasteiger charge is 2.39. The number of carboxylic acid groups (broad SMARTS) is 1. The van der Waals surface area contributed by atoms with E-state index in [1.807, 2.05) is 43.3 Å². The highest BCUT2D eigenvalue weighted by molar-refractivity contribution is 5.85. The maximum absolute atomic E-state index is 12.9. The molecule has 1 fully saturated rings. The molecule has 4 rings (SSSR count). The van der Waals surface area contributed by atoms with Crippen molar-refractivity contribution in [3.8, 4) is 11.1 Å². The van der Waals surface area contributed by atoms with Gasteiger partial charge in [0.1, 0.15) is 12.6 Å². The van der Waals surface area contributed by atoms with Gasteiger partial charge in [0.15, 0.2) is 0 Å². The summed E-state index contributed by atoms with van der Waals surface area (Å²) in [6, 6.07) is 14.7. The molecule has 2 aromatic carbocycles. The molecule has 8 nitrogen and oxygen atoms in total. The third-order valence-electron chi connectivity index (χ3n) is 6.88. The molecule has 1 heterocycles. The van der Waals surface area contributed by atoms with E-state index in [9.17, 15) is 24.6 Å². The number of likely N-dealkylation sites (tertiary alicyclic amines) is 1. The number of hydrogen-bond acceptors (Lipinski definition) is 5. The van der Waals surface area contributed by atoms with E-state index >= 15 is 0 Å². The number of aliphatic hydroxyl groups is 1. The molecule has 2 aliphatic rings. The molecule has 1 aliphatic heterocycles. The van der Waals surface area contributed by atoms with Crippen molar-refractivity contribution in [2.24, 2.45) is 0 Å². The van der Waals surface area contributed by atoms with Crippen LogP contribution in [0.3, 0.4) is 0 Å². The van der Waals surface area contributed by atoms with Crippen LogP contribution in [-0.2, 0) is 14.3 Å². The first kappa shape index (κ1) is 24.7. The van der Waals surface area contributed by atoms with E-state index in [1.54, 1.807) is 0 Å². The Labute approximate surface area is 204 Å². The molecule has 0 saturated carbocycles. The minimum atomic E-state index is -1.13. The second kappa shape index (κ2) is 10.9. The number of unbranched alkanes of at least 4 members (excludes halogenated alkanes) is 1. The van der Waals surface area contributed by atoms with Crippen LogP contribution in [-0.4, -0.2) is 64.4 Å². The Bertz CT molecular complexity index is 1040. The smallest absolute Gasteiger partial charge is 0.407 e. The van der Waals surface area contributed by atoms with Crippen LogP contribution < -0.4 is 5.32 Å². The van der Waals surface area contributed by atoms with Crippen LogP contribution in [0.4, 0.5) is 4.79 Å². The van der Waals surface area contributed by atoms with Crippen LogP contribution in [0.5, 0.6) is 0 Å². The highest BCUT2D eigenvalue weighted by Crippen LogP contribution is 2.44. The fraction of sp³-hybridized carbons (Fsp3) is 0.444. The quantitative estimate of drug-likeness (QED) is 0.506. The van der Waals surface area contributed by atoms with Gasteiger partial charge in [0.25, 0.3) is 0 Å². The Morgan fingerprint density at radius 1 is 1.09 bits per heavy atom. The van der Waals surface area contributed by atoms with E-state index in [4.69, 9.17) is 4.74 Å². The summed E-state index contributed by atoms with van der Waals surface area (Å²) in [5, 5.41) is 22.1. The normalized spacial score (nSPS) is 19.7. The maximum Gasteiger partial charge on any atom is 0.407 e. The number of amides is 2. The number of aliphatic carboxylic acids is 1. The second-order valence-electron chi connectivity index (χ2n) is 9.30. The Morgan fingerprint density at radius 3 is 2.31 bits per heavy atom. The maximum atomic E-state index is 12.9. The summed E-state index contributed by atoms with van der Waals surface area (Å²) < 4.78 is 5.62. The molecule has 1 aliphatic carbocycles. The van der Waals surface area contributed by atoms with Gasteiger partial charge in [-0.15, -0.1) is 0 Å². The number of nitrogens with one attached hydrogen (secondary N) is 1. The summed E-state index contributed by atoms with van der Waals surface area (Å²) >= 11 is 0. The van der Waals surface area contributed by atoms with Crippen molar-refractivity contribution in [3.63, 3.8) is 0 Å². The summed E-state index contributed by atoms with van der Waals surface area (Å²) in [5.41, 5.74) is 4.52. The van der Waals surface area contributed by atoms with Gasteiger partial charge in [-0.25, -0.2) is 9.59 Å². The van der Waals surface area contributed by atoms with Crippen molar-refractivity contribution in [1.82, 2.24) is 10.2 Å². The molecule has 35 heavy (non-hydrogen) atoms. The van der Waals surface area contributed by atoms with Crippen LogP contribution in [0.2, 0.25) is 0 Å². The average Bonchev–Trinajstić information content (AvgIpc) is 3.39. The van der Waals surface area contributed by atoms with E-state index in [0.717, 1.165) is 35.1 Å². The lowest BCUT2D eigenvalue weighted by molar-refractivity contribution is -0.148. The monoisotopic (exact) mass is 480 g/mol. The fourth-order valence-electron chi connectivity index (χ4n) is 5.13. The van der Waals surface area contributed by atoms with Gasteiger partial charge in [0, 0.05) is 31.3 Å². The number of alkyl carbamates (subject to hydrolysis) is 1. The van der Waals surface area contributed by atoms with Crippen LogP contribution in [0.15, 0.2) is 48.5 Å². The lowest BCUT2D eigenvalue weighted by atomic mass is 9.98. The number of ether oxygens (including phenoxy) is 1. The SMILES string of the molecule is CCCCC(CC(=O)N1C[C@@H](O)C[C@H]1C(=O)O)NC(=O)OCC1c2ccccc2-c2ccccc21. The predicted molar refractivity (Wildman–Crippen MR) is 130 cm³/mol. The van der Waals surface area contributed by atoms with Crippen LogP contribution in [0, 0.1) is 0 Å². The number of β-amino-alcohol motifs (C(OH)–C–C–N with tert-alkyl or cyclic N) is 1. The first-order valence-electron chi connectivity index (χ1n) is 12.2. The molecule has 1 saturated heterocycles. The molecule has 8 heteroatoms. The largest absolute Gasteiger partial charge is 0.480 e. The molecule has 0 bridgehead atoms. The van der Waals surface area contributed by atoms with Gasteiger partial charge in [-0.05, 0) is 28.7 Å². The number of carbonyl (C=O) groups excluding carboxylic acids is 2. The van der Waals surface area contributed by atoms with Crippen molar-refractivity contribution in [2.75, 3.05) is 13.2 Å². The third kappa shape index (κ3) is 5.48. The molecule has 2 aromatic rings. The van der Waals surface area contributed by atoms with E-state index < -0.39 is 36.2 Å². The molecule has 3 atom stereocenters. The summed E-state index contributed by atoms with van der Waals surface area (Å²) in [5.74, 6) is -1.59. The zero-order valence-corrected chi connectivity index (χ0v) is 19.9. The summed E-state index contributed by atoms with van der Waals surface area (Å²) in [6.07, 6.45) is 0.771. The number of benzene rings is 2. The van der Waals surface area contributed by atoms with Crippen molar-refractivity contribution < 1.29 is 29.3 Å². The number of carboxylic acids is 1. The number of aliphatic hydroxyl groups excluding tert-OH is 1. The number of fused-ring (bicyclic) bond motifs is 3. The Kier molecular flexibility index (Phi) is 7.70. The predicted octanol–water partition coefficient (Wildman–Crippen LogP) is 3.52. The van der Waals surface area contributed by atoms with Crippen molar-refractivity contribution in [1.29, 1.82) is 0 Å². The lowest BCUT2D eigenvalue weighted by Gasteiger charge is -2.25. The lowest BCUT2D eigenvalue weighted by Crippen LogP contribution is -2.45. The Morgan fingerprint density at radius 2 is 1.71 bits per heavy atom. The van der Waals surface area contributed by atoms with E-state index in [-0.39, 0.29) is 31.9 Å². The Hall–Kier alpha value is -3.39. The van der Waals surface area contributed by atoms with Gasteiger partial charge >= 0.3 is 12.1 Å². The van der Waals surface area contributed by atoms with Crippen molar-refractivity contribution in [2.45, 2.75) is 63.1 Å². The third-order valence-corrected chi connectivity index (χ3v) is 6.88. The minimum Gasteiger partial charge on any atom is -0.480 e. The number of carbonyl (C=O) groups is 3. The molecule has 3 N–H and O–H groups in total. The zero-order chi connectivity index (χ0) is 24.9. The molecule has 186 valence electrons. The van der Waals surface area contributed by atoms with E-state index in [2.05, 4.69) is 17.4 Å². The minimum absolute atomic E-state index is 0.0127. The summed E-state index contributed by atoms with van der Waals surface area (Å²) in [7, 11) is 0. The van der Waals surface area contributed by atoms with Gasteiger partial charge in [0.2, 0.25) is 5.91 Å². The molecule has 2 amide bonds. The van der Waals surface area contributed by atoms with Gasteiger partial charge in [-0.3, -0.25) is 4.79 Å². The van der Waals surface area contributed by atoms with Gasteiger partial charge in [-0.2, -0.15) is 0 Å². The topological polar surface area (TPSA) is 116 Å². The summed E-state index contributed by atoms with van der Waals surface area (Å²) in [4.78, 5) is 38.3. The molecule has 0 aromatic heterocycles. The fourth-order valence-corrected chi connectivity index (χ4v) is 5.13. The molecular formula is C27H32N2O6. The molecule has 0 radical (unpaired) electrons. The highest BCUT2D eigenvalue weighted by atomic mass is 16.5. The van der Waals surface area contributed by atoms with Crippen molar-refractivity contribution >= 4 is 18.0 Å². The van der Waals surface area contributed by atoms with Gasteiger partial charge in [-0.1, -0.05) is 68.3 Å². The van der Waals surface area contributed by atoms with Gasteiger partial charge < -0.3 is 25.2 Å². The summed E-state index contributed by atoms with van der Waals surface area (Å²) in [6.45, 7) is 2.18. The average molecular weight is 481 g/mol. The van der Waals surface area contributed by atoms with Gasteiger partial charge in [0.05, 0.1) is 6.10 Å². The van der Waals surface area contributed by atoms with Crippen LogP contribution >= 0.6 is 0 Å². The number of rotatable bonds is 9. The van der Waals surface area contributed by atoms with E-state index in [0.29, 0.717) is 6.42 Å². The zero-order valence-electron chi connectivity index (χ0n) is 19.9. The van der Waals surface area contributed by atoms with Crippen molar-refractivity contribution in [3.05, 3.63) is 59.7 Å². The second-order valence-corrected chi connectivity index (χ2v) is 9.30. The first-order chi connectivity index (χ1) is 16.9. The number of nitrogens with zero attached hydrogens (tertiary/aromatic N) is 1. The van der Waals surface area contributed by atoms with Crippen LogP contribution in [0.1, 0.15) is 56.1 Å². The Balaban J connectivity index is 1.39. The molecule has 0 spiro atoms. The standard InChI is InChI=1S/C27H32N2O6/c1-2-3-8-17(13-25(31)29-15-18(30)14-24(29)26(32)33)28-27(34)35-16-23-21-11-6-4-9-19(21)20-10-5-7-12-22(20)23/h4-7,9-12,17-18,23-24,30H,2-3,8,13-16H2,1H3,(H,28,34)(H,32,33)/t17?,18-,24-/m0/s1.